The number of hydrogen-bond donors (Lipinski definition) is 1. The van der Waals surface area contributed by atoms with E-state index in [-0.39, 0.29) is 30.2 Å². The standard InChI is InChI=1S/C21H25FN2O4/c1-26-18-8-5-9-19(20(18)22)27-13-10-17-14-24(12-11-23-17)21(25)28-15-16-6-3-2-4-7-16/h2-9,17,23H,10-15H2,1H3/t17-/m1/s1. The Kier molecular flexibility index (Phi) is 7.08. The van der Waals surface area contributed by atoms with Gasteiger partial charge in [-0.2, -0.15) is 4.39 Å². The van der Waals surface area contributed by atoms with Crippen molar-refractivity contribution in [2.75, 3.05) is 33.4 Å². The third-order valence-corrected chi connectivity index (χ3v) is 4.59. The highest BCUT2D eigenvalue weighted by Gasteiger charge is 2.24. The van der Waals surface area contributed by atoms with Crippen LogP contribution in [0.1, 0.15) is 12.0 Å². The summed E-state index contributed by atoms with van der Waals surface area (Å²) in [7, 11) is 1.42. The number of amides is 1. The summed E-state index contributed by atoms with van der Waals surface area (Å²) < 4.78 is 30.0. The number of piperazine rings is 1. The number of carbonyl (C=O) groups is 1. The first-order valence-corrected chi connectivity index (χ1v) is 9.31. The molecule has 1 N–H and O–H groups in total. The molecule has 1 amide bonds. The number of nitrogens with one attached hydrogen (secondary N) is 1. The lowest BCUT2D eigenvalue weighted by Crippen LogP contribution is -2.53. The van der Waals surface area contributed by atoms with Gasteiger partial charge in [-0.05, 0) is 24.1 Å². The molecule has 0 radical (unpaired) electrons. The molecule has 7 heteroatoms. The quantitative estimate of drug-likeness (QED) is 0.789. The third kappa shape index (κ3) is 5.36. The molecule has 1 aliphatic heterocycles. The average molecular weight is 388 g/mol. The number of methoxy groups -OCH3 is 1. The van der Waals surface area contributed by atoms with Crippen LogP contribution in [-0.4, -0.2) is 50.4 Å². The lowest BCUT2D eigenvalue weighted by molar-refractivity contribution is 0.0826. The van der Waals surface area contributed by atoms with Gasteiger partial charge in [0, 0.05) is 25.7 Å². The number of carbonyl (C=O) groups excluding carboxylic acids is 1. The summed E-state index contributed by atoms with van der Waals surface area (Å²) in [5.74, 6) is -0.192. The summed E-state index contributed by atoms with van der Waals surface area (Å²) in [5.41, 5.74) is 0.955. The second-order valence-electron chi connectivity index (χ2n) is 6.55. The van der Waals surface area contributed by atoms with Crippen molar-refractivity contribution in [3.05, 3.63) is 59.9 Å². The average Bonchev–Trinajstić information content (AvgIpc) is 2.74. The molecular formula is C21H25FN2O4. The third-order valence-electron chi connectivity index (χ3n) is 4.59. The first kappa shape index (κ1) is 19.9. The predicted molar refractivity (Wildman–Crippen MR) is 103 cm³/mol. The molecule has 0 saturated carbocycles. The summed E-state index contributed by atoms with van der Waals surface area (Å²) in [5, 5.41) is 3.35. The van der Waals surface area contributed by atoms with Crippen molar-refractivity contribution in [3.8, 4) is 11.5 Å². The predicted octanol–water partition coefficient (Wildman–Crippen LogP) is 3.21. The van der Waals surface area contributed by atoms with Crippen molar-refractivity contribution in [2.45, 2.75) is 19.1 Å². The van der Waals surface area contributed by atoms with Crippen molar-refractivity contribution in [2.24, 2.45) is 0 Å². The molecule has 3 rings (SSSR count). The van der Waals surface area contributed by atoms with Crippen LogP contribution in [0.5, 0.6) is 11.5 Å². The van der Waals surface area contributed by atoms with E-state index in [1.807, 2.05) is 30.3 Å². The van der Waals surface area contributed by atoms with Gasteiger partial charge < -0.3 is 24.4 Å². The van der Waals surface area contributed by atoms with Crippen molar-refractivity contribution in [1.82, 2.24) is 10.2 Å². The molecule has 2 aromatic carbocycles. The minimum absolute atomic E-state index is 0.0618. The number of hydrogen-bond acceptors (Lipinski definition) is 5. The van der Waals surface area contributed by atoms with E-state index >= 15 is 0 Å². The first-order valence-electron chi connectivity index (χ1n) is 9.31. The number of rotatable bonds is 7. The molecule has 1 aliphatic rings. The zero-order valence-electron chi connectivity index (χ0n) is 15.9. The van der Waals surface area contributed by atoms with E-state index in [0.717, 1.165) is 5.56 Å². The van der Waals surface area contributed by atoms with Gasteiger partial charge in [0.25, 0.3) is 0 Å². The Morgan fingerprint density at radius 2 is 1.96 bits per heavy atom. The minimum atomic E-state index is -0.507. The number of ether oxygens (including phenoxy) is 3. The smallest absolute Gasteiger partial charge is 0.410 e. The Hall–Kier alpha value is -2.80. The van der Waals surface area contributed by atoms with Gasteiger partial charge in [-0.15, -0.1) is 0 Å². The molecule has 1 fully saturated rings. The summed E-state index contributed by atoms with van der Waals surface area (Å²) in [4.78, 5) is 14.0. The second-order valence-corrected chi connectivity index (χ2v) is 6.55. The molecule has 1 heterocycles. The van der Waals surface area contributed by atoms with Gasteiger partial charge in [0.1, 0.15) is 6.61 Å². The Morgan fingerprint density at radius 1 is 1.18 bits per heavy atom. The summed E-state index contributed by atoms with van der Waals surface area (Å²) in [6.07, 6.45) is 0.314. The summed E-state index contributed by atoms with van der Waals surface area (Å²) in [6.45, 7) is 2.38. The zero-order chi connectivity index (χ0) is 19.8. The van der Waals surface area contributed by atoms with Crippen molar-refractivity contribution in [3.63, 3.8) is 0 Å². The fourth-order valence-electron chi connectivity index (χ4n) is 3.07. The Morgan fingerprint density at radius 3 is 2.75 bits per heavy atom. The number of halogens is 1. The first-order chi connectivity index (χ1) is 13.7. The maximum atomic E-state index is 14.1. The van der Waals surface area contributed by atoms with Gasteiger partial charge in [-0.25, -0.2) is 4.79 Å². The molecule has 1 saturated heterocycles. The number of benzene rings is 2. The Labute approximate surface area is 164 Å². The summed E-state index contributed by atoms with van der Waals surface area (Å²) >= 11 is 0. The molecule has 0 unspecified atom stereocenters. The van der Waals surface area contributed by atoms with E-state index in [9.17, 15) is 9.18 Å². The van der Waals surface area contributed by atoms with Crippen LogP contribution < -0.4 is 14.8 Å². The normalized spacial score (nSPS) is 16.5. The van der Waals surface area contributed by atoms with Gasteiger partial charge >= 0.3 is 6.09 Å². The zero-order valence-corrected chi connectivity index (χ0v) is 15.9. The van der Waals surface area contributed by atoms with Gasteiger partial charge in [-0.1, -0.05) is 36.4 Å². The van der Waals surface area contributed by atoms with E-state index in [4.69, 9.17) is 14.2 Å². The number of nitrogens with zero attached hydrogens (tertiary/aromatic N) is 1. The highest BCUT2D eigenvalue weighted by molar-refractivity contribution is 5.67. The van der Waals surface area contributed by atoms with E-state index in [1.165, 1.54) is 7.11 Å². The van der Waals surface area contributed by atoms with Crippen LogP contribution in [0.3, 0.4) is 0 Å². The van der Waals surface area contributed by atoms with Crippen LogP contribution in [0.2, 0.25) is 0 Å². The van der Waals surface area contributed by atoms with Gasteiger partial charge in [0.2, 0.25) is 5.82 Å². The lowest BCUT2D eigenvalue weighted by Gasteiger charge is -2.33. The molecule has 0 aliphatic carbocycles. The lowest BCUT2D eigenvalue weighted by atomic mass is 10.1. The van der Waals surface area contributed by atoms with Crippen LogP contribution in [0, 0.1) is 5.82 Å². The van der Waals surface area contributed by atoms with Gasteiger partial charge in [-0.3, -0.25) is 0 Å². The molecule has 2 aromatic rings. The van der Waals surface area contributed by atoms with Crippen LogP contribution in [-0.2, 0) is 11.3 Å². The van der Waals surface area contributed by atoms with E-state index in [1.54, 1.807) is 23.1 Å². The fourth-order valence-corrected chi connectivity index (χ4v) is 3.07. The van der Waals surface area contributed by atoms with Crippen molar-refractivity contribution >= 4 is 6.09 Å². The van der Waals surface area contributed by atoms with Crippen LogP contribution in [0.15, 0.2) is 48.5 Å². The molecule has 0 spiro atoms. The highest BCUT2D eigenvalue weighted by Crippen LogP contribution is 2.26. The molecule has 1 atom stereocenters. The van der Waals surface area contributed by atoms with Crippen molar-refractivity contribution in [1.29, 1.82) is 0 Å². The van der Waals surface area contributed by atoms with Crippen LogP contribution >= 0.6 is 0 Å². The maximum Gasteiger partial charge on any atom is 0.410 e. The summed E-state index contributed by atoms with van der Waals surface area (Å²) in [6, 6.07) is 14.4. The molecule has 28 heavy (non-hydrogen) atoms. The minimum Gasteiger partial charge on any atom is -0.494 e. The molecule has 6 nitrogen and oxygen atoms in total. The SMILES string of the molecule is COc1cccc(OCC[C@@H]2CN(C(=O)OCc3ccccc3)CCN2)c1F. The molecule has 150 valence electrons. The van der Waals surface area contributed by atoms with Gasteiger partial charge in [0.15, 0.2) is 11.5 Å². The van der Waals surface area contributed by atoms with Crippen LogP contribution in [0.4, 0.5) is 9.18 Å². The highest BCUT2D eigenvalue weighted by atomic mass is 19.1. The van der Waals surface area contributed by atoms with E-state index < -0.39 is 5.82 Å². The Bertz CT molecular complexity index is 772. The maximum absolute atomic E-state index is 14.1. The molecular weight excluding hydrogens is 363 g/mol. The second kappa shape index (κ2) is 9.94. The van der Waals surface area contributed by atoms with Crippen LogP contribution in [0.25, 0.3) is 0 Å². The topological polar surface area (TPSA) is 60.0 Å². The van der Waals surface area contributed by atoms with E-state index in [2.05, 4.69) is 5.32 Å². The monoisotopic (exact) mass is 388 g/mol. The van der Waals surface area contributed by atoms with Crippen molar-refractivity contribution < 1.29 is 23.4 Å². The molecule has 0 aromatic heterocycles. The van der Waals surface area contributed by atoms with E-state index in [0.29, 0.717) is 32.7 Å². The van der Waals surface area contributed by atoms with Gasteiger partial charge in [0.05, 0.1) is 13.7 Å². The molecule has 0 bridgehead atoms. The fraction of sp³-hybridized carbons (Fsp3) is 0.381. The Balaban J connectivity index is 1.44. The largest absolute Gasteiger partial charge is 0.494 e.